The molecule has 0 saturated heterocycles. The van der Waals surface area contributed by atoms with Gasteiger partial charge in [0.15, 0.2) is 0 Å². The van der Waals surface area contributed by atoms with Gasteiger partial charge in [0, 0.05) is 0 Å². The van der Waals surface area contributed by atoms with Crippen LogP contribution in [0, 0.1) is 40.9 Å². The molecule has 0 aromatic carbocycles. The normalized spacial score (nSPS) is 28.9. The maximum absolute atomic E-state index is 2.44. The van der Waals surface area contributed by atoms with E-state index < -0.39 is 0 Å². The zero-order valence-corrected chi connectivity index (χ0v) is 23.7. The van der Waals surface area contributed by atoms with E-state index >= 15 is 0 Å². The molecular weight excluding hydrogens is 360 g/mol. The maximum atomic E-state index is 2.44. The molecule has 0 nitrogen and oxygen atoms in total. The van der Waals surface area contributed by atoms with Crippen LogP contribution in [0.2, 0.25) is 0 Å². The van der Waals surface area contributed by atoms with Crippen LogP contribution in [0.15, 0.2) is 0 Å². The van der Waals surface area contributed by atoms with E-state index in [9.17, 15) is 0 Å². The summed E-state index contributed by atoms with van der Waals surface area (Å²) in [6.07, 6.45) is 15.9. The van der Waals surface area contributed by atoms with E-state index in [-0.39, 0.29) is 0 Å². The molecule has 0 N–H and O–H groups in total. The molecule has 2 aliphatic carbocycles. The molecule has 0 spiro atoms. The van der Waals surface area contributed by atoms with Crippen LogP contribution in [0.25, 0.3) is 0 Å². The highest BCUT2D eigenvalue weighted by atomic mass is 14.4. The lowest BCUT2D eigenvalue weighted by Crippen LogP contribution is -2.27. The van der Waals surface area contributed by atoms with Crippen molar-refractivity contribution in [2.45, 2.75) is 154 Å². The molecule has 0 aromatic rings. The van der Waals surface area contributed by atoms with Crippen molar-refractivity contribution in [2.75, 3.05) is 0 Å². The molecule has 3 unspecified atom stereocenters. The molecule has 0 heterocycles. The van der Waals surface area contributed by atoms with Crippen molar-refractivity contribution in [3.8, 4) is 0 Å². The van der Waals surface area contributed by atoms with Crippen molar-refractivity contribution < 1.29 is 0 Å². The minimum atomic E-state index is 0.556. The summed E-state index contributed by atoms with van der Waals surface area (Å²) in [5, 5.41) is 0. The first-order chi connectivity index (χ1) is 14.1. The van der Waals surface area contributed by atoms with Crippen LogP contribution in [0.4, 0.5) is 0 Å². The van der Waals surface area contributed by atoms with E-state index in [1.54, 1.807) is 0 Å². The van der Waals surface area contributed by atoms with Gasteiger partial charge in [-0.25, -0.2) is 0 Å². The monoisotopic (exact) mass is 425 g/mol. The van der Waals surface area contributed by atoms with Gasteiger partial charge in [0.05, 0.1) is 0 Å². The van der Waals surface area contributed by atoms with Gasteiger partial charge in [-0.3, -0.25) is 0 Å². The Morgan fingerprint density at radius 3 is 1.63 bits per heavy atom. The summed E-state index contributed by atoms with van der Waals surface area (Å²) in [5.74, 6) is 5.94. The number of rotatable bonds is 4. The van der Waals surface area contributed by atoms with E-state index in [2.05, 4.69) is 69.2 Å². The summed E-state index contributed by atoms with van der Waals surface area (Å²) in [7, 11) is 0. The highest BCUT2D eigenvalue weighted by molar-refractivity contribution is 4.80. The molecular formula is C30H64. The average molecular weight is 425 g/mol. The molecule has 30 heavy (non-hydrogen) atoms. The lowest BCUT2D eigenvalue weighted by molar-refractivity contribution is 0.134. The minimum Gasteiger partial charge on any atom is -0.0683 e. The molecule has 2 fully saturated rings. The zero-order chi connectivity index (χ0) is 23.7. The largest absolute Gasteiger partial charge is 0.0683 e. The summed E-state index contributed by atoms with van der Waals surface area (Å²) in [6, 6.07) is 0. The van der Waals surface area contributed by atoms with Crippen LogP contribution in [-0.2, 0) is 0 Å². The fourth-order valence-electron chi connectivity index (χ4n) is 5.32. The van der Waals surface area contributed by atoms with Crippen LogP contribution < -0.4 is 0 Å². The Morgan fingerprint density at radius 2 is 1.23 bits per heavy atom. The van der Waals surface area contributed by atoms with Crippen molar-refractivity contribution in [1.29, 1.82) is 0 Å². The molecule has 2 rings (SSSR count). The van der Waals surface area contributed by atoms with Crippen LogP contribution in [0.1, 0.15) is 154 Å². The fraction of sp³-hybridized carbons (Fsp3) is 1.00. The SMILES string of the molecule is CC.CC1CCC(C(C)(C)C)CC1.CCC.CCCCC1CC(C)CCC1C(C)C. The summed E-state index contributed by atoms with van der Waals surface area (Å²) >= 11 is 0. The molecule has 3 atom stereocenters. The highest BCUT2D eigenvalue weighted by Crippen LogP contribution is 2.40. The van der Waals surface area contributed by atoms with Gasteiger partial charge in [0.25, 0.3) is 0 Å². The van der Waals surface area contributed by atoms with E-state index in [1.807, 2.05) is 13.8 Å². The van der Waals surface area contributed by atoms with E-state index in [1.165, 1.54) is 70.6 Å². The molecule has 184 valence electrons. The number of hydrogen-bond donors (Lipinski definition) is 0. The minimum absolute atomic E-state index is 0.556. The second-order valence-electron chi connectivity index (χ2n) is 11.8. The third-order valence-electron chi connectivity index (χ3n) is 7.33. The Balaban J connectivity index is 0. The van der Waals surface area contributed by atoms with Gasteiger partial charge in [-0.05, 0) is 66.6 Å². The van der Waals surface area contributed by atoms with Crippen LogP contribution in [0.3, 0.4) is 0 Å². The zero-order valence-electron chi connectivity index (χ0n) is 23.7. The quantitative estimate of drug-likeness (QED) is 0.421. The first kappa shape index (κ1) is 32.2. The molecule has 0 amide bonds. The molecule has 0 aliphatic heterocycles. The molecule has 0 aromatic heterocycles. The predicted molar refractivity (Wildman–Crippen MR) is 142 cm³/mol. The van der Waals surface area contributed by atoms with Crippen molar-refractivity contribution >= 4 is 0 Å². The number of hydrogen-bond acceptors (Lipinski definition) is 0. The Labute approximate surface area is 194 Å². The van der Waals surface area contributed by atoms with Gasteiger partial charge in [0.1, 0.15) is 0 Å². The van der Waals surface area contributed by atoms with E-state index in [0.717, 1.165) is 35.5 Å². The Bertz CT molecular complexity index is 340. The third kappa shape index (κ3) is 14.9. The molecule has 0 heteroatoms. The summed E-state index contributed by atoms with van der Waals surface area (Å²) < 4.78 is 0. The molecule has 0 radical (unpaired) electrons. The summed E-state index contributed by atoms with van der Waals surface area (Å²) in [6.45, 7) is 27.4. The smallest absolute Gasteiger partial charge is 0.0354 e. The maximum Gasteiger partial charge on any atom is -0.0354 e. The first-order valence-corrected chi connectivity index (χ1v) is 14.1. The summed E-state index contributed by atoms with van der Waals surface area (Å²) in [4.78, 5) is 0. The standard InChI is InChI=1S/C14H28.C11H22.C3H8.C2H6/c1-5-6-7-13-10-12(4)8-9-14(13)11(2)3;1-9-5-7-10(8-6-9)11(2,3)4;1-3-2;1-2/h11-14H,5-10H2,1-4H3;9-10H,5-8H2,1-4H3;3H2,1-2H3;1-2H3. The van der Waals surface area contributed by atoms with Gasteiger partial charge in [-0.1, -0.05) is 128 Å². The summed E-state index contributed by atoms with van der Waals surface area (Å²) in [5.41, 5.74) is 0.556. The van der Waals surface area contributed by atoms with Crippen molar-refractivity contribution in [1.82, 2.24) is 0 Å². The molecule has 0 bridgehead atoms. The van der Waals surface area contributed by atoms with Crippen molar-refractivity contribution in [3.05, 3.63) is 0 Å². The van der Waals surface area contributed by atoms with Gasteiger partial charge >= 0.3 is 0 Å². The fourth-order valence-corrected chi connectivity index (χ4v) is 5.32. The van der Waals surface area contributed by atoms with Gasteiger partial charge in [0.2, 0.25) is 0 Å². The van der Waals surface area contributed by atoms with Crippen LogP contribution in [-0.4, -0.2) is 0 Å². The van der Waals surface area contributed by atoms with Crippen LogP contribution in [0.5, 0.6) is 0 Å². The molecule has 2 aliphatic rings. The van der Waals surface area contributed by atoms with Gasteiger partial charge < -0.3 is 0 Å². The Hall–Kier alpha value is 0. The number of unbranched alkanes of at least 4 members (excludes halogenated alkanes) is 1. The van der Waals surface area contributed by atoms with E-state index in [0.29, 0.717) is 5.41 Å². The third-order valence-corrected chi connectivity index (χ3v) is 7.33. The lowest BCUT2D eigenvalue weighted by atomic mass is 9.68. The van der Waals surface area contributed by atoms with Crippen LogP contribution >= 0.6 is 0 Å². The predicted octanol–water partition coefficient (Wildman–Crippen LogP) is 11.2. The second kappa shape index (κ2) is 18.6. The Kier molecular flexibility index (Phi) is 19.9. The van der Waals surface area contributed by atoms with Gasteiger partial charge in [-0.15, -0.1) is 0 Å². The van der Waals surface area contributed by atoms with E-state index in [4.69, 9.17) is 0 Å². The highest BCUT2D eigenvalue weighted by Gasteiger charge is 2.30. The Morgan fingerprint density at radius 1 is 0.767 bits per heavy atom. The lowest BCUT2D eigenvalue weighted by Gasteiger charge is -2.37. The van der Waals surface area contributed by atoms with Crippen molar-refractivity contribution in [2.24, 2.45) is 40.9 Å². The topological polar surface area (TPSA) is 0 Å². The first-order valence-electron chi connectivity index (χ1n) is 14.1. The van der Waals surface area contributed by atoms with Gasteiger partial charge in [-0.2, -0.15) is 0 Å². The van der Waals surface area contributed by atoms with Crippen molar-refractivity contribution in [3.63, 3.8) is 0 Å². The molecule has 2 saturated carbocycles. The second-order valence-corrected chi connectivity index (χ2v) is 11.8. The average Bonchev–Trinajstić information content (AvgIpc) is 2.68.